The van der Waals surface area contributed by atoms with Crippen molar-refractivity contribution in [3.8, 4) is 0 Å². The van der Waals surface area contributed by atoms with Crippen LogP contribution in [0.4, 0.5) is 13.2 Å². The molecule has 0 amide bonds. The lowest BCUT2D eigenvalue weighted by molar-refractivity contribution is -0.127. The average Bonchev–Trinajstić information content (AvgIpc) is 2.45. The lowest BCUT2D eigenvalue weighted by Crippen LogP contribution is -2.18. The molecule has 2 nitrogen and oxygen atoms in total. The second-order valence-electron chi connectivity index (χ2n) is 4.85. The summed E-state index contributed by atoms with van der Waals surface area (Å²) in [5.74, 6) is -0.754. The van der Waals surface area contributed by atoms with Crippen molar-refractivity contribution >= 4 is 45.8 Å². The summed E-state index contributed by atoms with van der Waals surface area (Å²) in [5.41, 5.74) is -1.27. The van der Waals surface area contributed by atoms with Crippen LogP contribution in [0.15, 0.2) is 36.4 Å². The van der Waals surface area contributed by atoms with E-state index in [9.17, 15) is 22.8 Å². The van der Waals surface area contributed by atoms with Crippen LogP contribution in [-0.2, 0) is 6.42 Å². The SMILES string of the molecule is O=C(Cl)c1ccc(Cl)c(C(=O)c2ccc(Cl)cc2)c1CC(F)(F)F. The van der Waals surface area contributed by atoms with Crippen LogP contribution in [0.3, 0.4) is 0 Å². The Morgan fingerprint density at radius 1 is 0.958 bits per heavy atom. The molecule has 0 aliphatic heterocycles. The largest absolute Gasteiger partial charge is 0.393 e. The number of rotatable bonds is 4. The highest BCUT2D eigenvalue weighted by atomic mass is 35.5. The summed E-state index contributed by atoms with van der Waals surface area (Å²) in [6, 6.07) is 7.78. The molecular formula is C16H8Cl3F3O2. The van der Waals surface area contributed by atoms with E-state index in [1.165, 1.54) is 30.3 Å². The fraction of sp³-hybridized carbons (Fsp3) is 0.125. The molecule has 0 bridgehead atoms. The summed E-state index contributed by atoms with van der Waals surface area (Å²) in [5, 5.41) is -0.940. The van der Waals surface area contributed by atoms with Gasteiger partial charge in [-0.3, -0.25) is 9.59 Å². The van der Waals surface area contributed by atoms with Gasteiger partial charge in [0, 0.05) is 21.7 Å². The number of benzene rings is 2. The number of alkyl halides is 3. The van der Waals surface area contributed by atoms with E-state index in [4.69, 9.17) is 34.8 Å². The van der Waals surface area contributed by atoms with E-state index in [1.54, 1.807) is 0 Å². The van der Waals surface area contributed by atoms with Crippen LogP contribution in [0.1, 0.15) is 31.8 Å². The van der Waals surface area contributed by atoms with Crippen molar-refractivity contribution in [1.29, 1.82) is 0 Å². The predicted octanol–water partition coefficient (Wildman–Crippen LogP) is 5.71. The van der Waals surface area contributed by atoms with Crippen molar-refractivity contribution in [3.05, 3.63) is 68.7 Å². The van der Waals surface area contributed by atoms with E-state index in [-0.39, 0.29) is 10.6 Å². The van der Waals surface area contributed by atoms with Crippen molar-refractivity contribution in [2.24, 2.45) is 0 Å². The minimum Gasteiger partial charge on any atom is -0.289 e. The zero-order chi connectivity index (χ0) is 18.1. The Labute approximate surface area is 150 Å². The van der Waals surface area contributed by atoms with Crippen LogP contribution >= 0.6 is 34.8 Å². The van der Waals surface area contributed by atoms with Gasteiger partial charge in [0.15, 0.2) is 5.78 Å². The predicted molar refractivity (Wildman–Crippen MR) is 86.3 cm³/mol. The van der Waals surface area contributed by atoms with Crippen molar-refractivity contribution < 1.29 is 22.8 Å². The molecule has 0 aliphatic rings. The van der Waals surface area contributed by atoms with Crippen molar-refractivity contribution in [1.82, 2.24) is 0 Å². The van der Waals surface area contributed by atoms with Crippen LogP contribution in [0.25, 0.3) is 0 Å². The van der Waals surface area contributed by atoms with Gasteiger partial charge < -0.3 is 0 Å². The summed E-state index contributed by atoms with van der Waals surface area (Å²) in [6.07, 6.45) is -6.16. The number of halogens is 6. The lowest BCUT2D eigenvalue weighted by Gasteiger charge is -2.15. The number of hydrogen-bond donors (Lipinski definition) is 0. The molecule has 0 aliphatic carbocycles. The molecule has 2 rings (SSSR count). The summed E-state index contributed by atoms with van der Waals surface area (Å²) >= 11 is 17.0. The normalized spacial score (nSPS) is 11.4. The maximum atomic E-state index is 12.9. The highest BCUT2D eigenvalue weighted by molar-refractivity contribution is 6.68. The molecule has 2 aromatic carbocycles. The molecule has 126 valence electrons. The Kier molecular flexibility index (Phi) is 5.58. The summed E-state index contributed by atoms with van der Waals surface area (Å²) in [4.78, 5) is 24.1. The minimum atomic E-state index is -4.65. The Bertz CT molecular complexity index is 799. The second kappa shape index (κ2) is 7.13. The van der Waals surface area contributed by atoms with Crippen molar-refractivity contribution in [3.63, 3.8) is 0 Å². The Hall–Kier alpha value is -1.56. The smallest absolute Gasteiger partial charge is 0.289 e. The highest BCUT2D eigenvalue weighted by Gasteiger charge is 2.33. The molecule has 8 heteroatoms. The van der Waals surface area contributed by atoms with Crippen LogP contribution in [0.5, 0.6) is 0 Å². The quantitative estimate of drug-likeness (QED) is 0.491. The number of carbonyl (C=O) groups is 2. The molecule has 2 aromatic rings. The van der Waals surface area contributed by atoms with Crippen LogP contribution in [-0.4, -0.2) is 17.2 Å². The van der Waals surface area contributed by atoms with Crippen LogP contribution < -0.4 is 0 Å². The molecule has 0 atom stereocenters. The van der Waals surface area contributed by atoms with Gasteiger partial charge in [0.2, 0.25) is 0 Å². The molecule has 0 radical (unpaired) electrons. The molecule has 0 saturated carbocycles. The molecule has 24 heavy (non-hydrogen) atoms. The molecule has 0 aromatic heterocycles. The van der Waals surface area contributed by atoms with E-state index in [1.807, 2.05) is 0 Å². The first-order chi connectivity index (χ1) is 11.1. The van der Waals surface area contributed by atoms with Gasteiger partial charge in [-0.2, -0.15) is 13.2 Å². The van der Waals surface area contributed by atoms with Gasteiger partial charge >= 0.3 is 6.18 Å². The molecule has 0 spiro atoms. The standard InChI is InChI=1S/C16H8Cl3F3O2/c17-9-3-1-8(2-4-9)14(23)13-11(7-16(20,21)22)10(15(19)24)5-6-12(13)18/h1-6H,7H2. The van der Waals surface area contributed by atoms with Crippen LogP contribution in [0.2, 0.25) is 10.0 Å². The monoisotopic (exact) mass is 394 g/mol. The van der Waals surface area contributed by atoms with E-state index in [2.05, 4.69) is 0 Å². The molecule has 0 saturated heterocycles. The average molecular weight is 396 g/mol. The first-order valence-electron chi connectivity index (χ1n) is 6.48. The van der Waals surface area contributed by atoms with Gasteiger partial charge in [-0.05, 0) is 53.6 Å². The highest BCUT2D eigenvalue weighted by Crippen LogP contribution is 2.32. The van der Waals surface area contributed by atoms with Crippen molar-refractivity contribution in [2.75, 3.05) is 0 Å². The van der Waals surface area contributed by atoms with E-state index < -0.39 is 40.3 Å². The third kappa shape index (κ3) is 4.29. The lowest BCUT2D eigenvalue weighted by atomic mass is 9.92. The maximum Gasteiger partial charge on any atom is 0.393 e. The Morgan fingerprint density at radius 2 is 1.54 bits per heavy atom. The number of carbonyl (C=O) groups excluding carboxylic acids is 2. The zero-order valence-electron chi connectivity index (χ0n) is 11.8. The maximum absolute atomic E-state index is 12.9. The van der Waals surface area contributed by atoms with Gasteiger partial charge in [0.25, 0.3) is 5.24 Å². The van der Waals surface area contributed by atoms with E-state index in [0.717, 1.165) is 6.07 Å². The first kappa shape index (κ1) is 18.8. The summed E-state index contributed by atoms with van der Waals surface area (Å²) in [6.45, 7) is 0. The fourth-order valence-electron chi connectivity index (χ4n) is 2.18. The fourth-order valence-corrected chi connectivity index (χ4v) is 2.74. The molecular weight excluding hydrogens is 388 g/mol. The second-order valence-corrected chi connectivity index (χ2v) is 6.04. The van der Waals surface area contributed by atoms with Gasteiger partial charge in [-0.1, -0.05) is 23.2 Å². The molecule has 0 fully saturated rings. The van der Waals surface area contributed by atoms with Gasteiger partial charge in [0.05, 0.1) is 11.4 Å². The number of ketones is 1. The van der Waals surface area contributed by atoms with Gasteiger partial charge in [-0.15, -0.1) is 0 Å². The van der Waals surface area contributed by atoms with E-state index >= 15 is 0 Å². The zero-order valence-corrected chi connectivity index (χ0v) is 14.0. The van der Waals surface area contributed by atoms with Crippen LogP contribution in [0, 0.1) is 0 Å². The molecule has 0 unspecified atom stereocenters. The first-order valence-corrected chi connectivity index (χ1v) is 7.62. The summed E-state index contributed by atoms with van der Waals surface area (Å²) < 4.78 is 38.7. The number of hydrogen-bond acceptors (Lipinski definition) is 2. The summed E-state index contributed by atoms with van der Waals surface area (Å²) in [7, 11) is 0. The Balaban J connectivity index is 2.66. The van der Waals surface area contributed by atoms with Gasteiger partial charge in [-0.25, -0.2) is 0 Å². The van der Waals surface area contributed by atoms with Gasteiger partial charge in [0.1, 0.15) is 0 Å². The van der Waals surface area contributed by atoms with Crippen molar-refractivity contribution in [2.45, 2.75) is 12.6 Å². The Morgan fingerprint density at radius 3 is 2.04 bits per heavy atom. The molecule has 0 N–H and O–H groups in total. The van der Waals surface area contributed by atoms with E-state index in [0.29, 0.717) is 5.02 Å². The minimum absolute atomic E-state index is 0.0869. The third-order valence-corrected chi connectivity index (χ3v) is 3.96. The molecule has 0 heterocycles. The topological polar surface area (TPSA) is 34.1 Å². The third-order valence-electron chi connectivity index (χ3n) is 3.18.